The highest BCUT2D eigenvalue weighted by atomic mass is 32.1. The average molecular weight is 443 g/mol. The molecule has 1 saturated heterocycles. The van der Waals surface area contributed by atoms with E-state index in [0.29, 0.717) is 17.1 Å². The Hall–Kier alpha value is -2.38. The summed E-state index contributed by atoms with van der Waals surface area (Å²) in [4.78, 5) is 27.0. The number of hydrogen-bond acceptors (Lipinski definition) is 5. The summed E-state index contributed by atoms with van der Waals surface area (Å²) >= 11 is 1.53. The van der Waals surface area contributed by atoms with Crippen LogP contribution in [0.2, 0.25) is 0 Å². The van der Waals surface area contributed by atoms with E-state index in [1.807, 2.05) is 32.0 Å². The van der Waals surface area contributed by atoms with Crippen molar-refractivity contribution < 1.29 is 19.1 Å². The summed E-state index contributed by atoms with van der Waals surface area (Å²) < 4.78 is 11.4. The van der Waals surface area contributed by atoms with Gasteiger partial charge in [0, 0.05) is 18.0 Å². The molecule has 166 valence electrons. The van der Waals surface area contributed by atoms with Gasteiger partial charge < -0.3 is 20.1 Å². The molecule has 1 unspecified atom stereocenters. The molecule has 1 atom stereocenters. The summed E-state index contributed by atoms with van der Waals surface area (Å²) in [5.74, 6) is 0.355. The van der Waals surface area contributed by atoms with Crippen LogP contribution in [0.3, 0.4) is 0 Å². The van der Waals surface area contributed by atoms with Gasteiger partial charge in [-0.3, -0.25) is 9.59 Å². The number of benzene rings is 1. The number of thiophene rings is 1. The molecule has 0 bridgehead atoms. The number of para-hydroxylation sites is 1. The van der Waals surface area contributed by atoms with Crippen molar-refractivity contribution in [3.05, 3.63) is 45.3 Å². The number of carbonyl (C=O) groups is 2. The molecule has 1 fully saturated rings. The first-order valence-electron chi connectivity index (χ1n) is 11.1. The summed E-state index contributed by atoms with van der Waals surface area (Å²) in [5, 5.41) is 6.60. The Balaban J connectivity index is 1.46. The van der Waals surface area contributed by atoms with Gasteiger partial charge in [-0.1, -0.05) is 18.2 Å². The molecule has 1 aromatic carbocycles. The first-order valence-corrected chi connectivity index (χ1v) is 11.9. The topological polar surface area (TPSA) is 76.7 Å². The molecular formula is C24H30N2O4S. The van der Waals surface area contributed by atoms with E-state index in [2.05, 4.69) is 10.6 Å². The minimum atomic E-state index is -0.255. The molecule has 31 heavy (non-hydrogen) atoms. The zero-order valence-corrected chi connectivity index (χ0v) is 19.0. The normalized spacial score (nSPS) is 17.8. The van der Waals surface area contributed by atoms with Crippen molar-refractivity contribution in [1.82, 2.24) is 5.32 Å². The number of aryl methyl sites for hydroxylation is 3. The lowest BCUT2D eigenvalue weighted by Gasteiger charge is -2.15. The van der Waals surface area contributed by atoms with Gasteiger partial charge in [0.2, 0.25) is 0 Å². The van der Waals surface area contributed by atoms with Gasteiger partial charge in [-0.05, 0) is 69.1 Å². The summed E-state index contributed by atoms with van der Waals surface area (Å²) in [6, 6.07) is 5.89. The van der Waals surface area contributed by atoms with Crippen molar-refractivity contribution in [2.24, 2.45) is 0 Å². The second-order valence-corrected chi connectivity index (χ2v) is 9.42. The van der Waals surface area contributed by atoms with Gasteiger partial charge in [-0.15, -0.1) is 11.3 Å². The van der Waals surface area contributed by atoms with E-state index < -0.39 is 0 Å². The van der Waals surface area contributed by atoms with Crippen LogP contribution in [-0.2, 0) is 22.4 Å². The molecule has 7 heteroatoms. The van der Waals surface area contributed by atoms with Crippen LogP contribution in [-0.4, -0.2) is 37.7 Å². The second kappa shape index (κ2) is 9.83. The second-order valence-electron chi connectivity index (χ2n) is 8.32. The van der Waals surface area contributed by atoms with E-state index in [9.17, 15) is 9.59 Å². The van der Waals surface area contributed by atoms with Gasteiger partial charge >= 0.3 is 0 Å². The van der Waals surface area contributed by atoms with E-state index in [0.717, 1.165) is 67.6 Å². The molecule has 2 aromatic rings. The summed E-state index contributed by atoms with van der Waals surface area (Å²) in [6.07, 6.45) is 6.12. The van der Waals surface area contributed by atoms with E-state index in [1.54, 1.807) is 0 Å². The molecule has 2 N–H and O–H groups in total. The summed E-state index contributed by atoms with van der Waals surface area (Å²) in [7, 11) is 0. The Morgan fingerprint density at radius 2 is 1.94 bits per heavy atom. The number of ether oxygens (including phenoxy) is 2. The molecule has 6 nitrogen and oxygen atoms in total. The maximum Gasteiger partial charge on any atom is 0.262 e. The van der Waals surface area contributed by atoms with Crippen molar-refractivity contribution in [1.29, 1.82) is 0 Å². The standard InChI is InChI=1S/C24H30N2O4S/c1-15-7-5-8-16(2)22(15)30-14-20(27)26-24-21(18-10-3-4-11-19(18)31-24)23(28)25-13-17-9-6-12-29-17/h5,7-8,17H,3-4,6,9-14H2,1-2H3,(H,25,28)(H,26,27). The quantitative estimate of drug-likeness (QED) is 0.675. The molecule has 2 heterocycles. The third kappa shape index (κ3) is 5.10. The fourth-order valence-electron chi connectivity index (χ4n) is 4.32. The molecule has 0 saturated carbocycles. The zero-order chi connectivity index (χ0) is 21.8. The Kier molecular flexibility index (Phi) is 6.92. The number of rotatable bonds is 7. The SMILES string of the molecule is Cc1cccc(C)c1OCC(=O)Nc1sc2c(c1C(=O)NCC1CCCO1)CCCC2. The van der Waals surface area contributed by atoms with Gasteiger partial charge in [0.25, 0.3) is 11.8 Å². The maximum absolute atomic E-state index is 13.1. The predicted octanol–water partition coefficient (Wildman–Crippen LogP) is 4.17. The van der Waals surface area contributed by atoms with Gasteiger partial charge in [-0.25, -0.2) is 0 Å². The van der Waals surface area contributed by atoms with Crippen molar-refractivity contribution in [3.8, 4) is 5.75 Å². The number of anilines is 1. The van der Waals surface area contributed by atoms with E-state index in [1.165, 1.54) is 16.2 Å². The molecular weight excluding hydrogens is 412 g/mol. The molecule has 4 rings (SSSR count). The van der Waals surface area contributed by atoms with Gasteiger partial charge in [0.1, 0.15) is 10.8 Å². The number of hydrogen-bond donors (Lipinski definition) is 2. The van der Waals surface area contributed by atoms with Crippen LogP contribution < -0.4 is 15.4 Å². The largest absolute Gasteiger partial charge is 0.483 e. The lowest BCUT2D eigenvalue weighted by Crippen LogP contribution is -2.33. The van der Waals surface area contributed by atoms with Crippen molar-refractivity contribution in [2.45, 2.75) is 58.5 Å². The highest BCUT2D eigenvalue weighted by Crippen LogP contribution is 2.38. The van der Waals surface area contributed by atoms with Crippen LogP contribution >= 0.6 is 11.3 Å². The Bertz CT molecular complexity index is 942. The highest BCUT2D eigenvalue weighted by molar-refractivity contribution is 7.17. The van der Waals surface area contributed by atoms with E-state index >= 15 is 0 Å². The fourth-order valence-corrected chi connectivity index (χ4v) is 5.62. The molecule has 1 aromatic heterocycles. The number of fused-ring (bicyclic) bond motifs is 1. The minimum Gasteiger partial charge on any atom is -0.483 e. The van der Waals surface area contributed by atoms with E-state index in [4.69, 9.17) is 9.47 Å². The molecule has 1 aliphatic heterocycles. The van der Waals surface area contributed by atoms with Crippen molar-refractivity contribution in [3.63, 3.8) is 0 Å². The van der Waals surface area contributed by atoms with Gasteiger partial charge in [-0.2, -0.15) is 0 Å². The Labute approximate surface area is 187 Å². The Morgan fingerprint density at radius 3 is 2.68 bits per heavy atom. The lowest BCUT2D eigenvalue weighted by atomic mass is 9.95. The molecule has 2 amide bonds. The third-order valence-corrected chi connectivity index (χ3v) is 7.13. The molecule has 2 aliphatic rings. The number of nitrogens with one attached hydrogen (secondary N) is 2. The lowest BCUT2D eigenvalue weighted by molar-refractivity contribution is -0.118. The van der Waals surface area contributed by atoms with Crippen molar-refractivity contribution in [2.75, 3.05) is 25.1 Å². The number of carbonyl (C=O) groups excluding carboxylic acids is 2. The average Bonchev–Trinajstić information content (AvgIpc) is 3.39. The summed E-state index contributed by atoms with van der Waals surface area (Å²) in [6.45, 7) is 5.10. The van der Waals surface area contributed by atoms with Crippen LogP contribution in [0.1, 0.15) is 57.6 Å². The van der Waals surface area contributed by atoms with Crippen LogP contribution in [0, 0.1) is 13.8 Å². The van der Waals surface area contributed by atoms with Crippen LogP contribution in [0.25, 0.3) is 0 Å². The number of amides is 2. The minimum absolute atomic E-state index is 0.0854. The van der Waals surface area contributed by atoms with Gasteiger partial charge in [0.05, 0.1) is 11.7 Å². The molecule has 0 spiro atoms. The Morgan fingerprint density at radius 1 is 1.16 bits per heavy atom. The predicted molar refractivity (Wildman–Crippen MR) is 122 cm³/mol. The van der Waals surface area contributed by atoms with Crippen LogP contribution in [0.5, 0.6) is 5.75 Å². The third-order valence-electron chi connectivity index (χ3n) is 5.92. The van der Waals surface area contributed by atoms with Crippen molar-refractivity contribution >= 4 is 28.2 Å². The first kappa shape index (κ1) is 21.8. The summed E-state index contributed by atoms with van der Waals surface area (Å²) in [5.41, 5.74) is 3.70. The van der Waals surface area contributed by atoms with E-state index in [-0.39, 0.29) is 24.5 Å². The highest BCUT2D eigenvalue weighted by Gasteiger charge is 2.27. The molecule has 0 radical (unpaired) electrons. The van der Waals surface area contributed by atoms with Crippen LogP contribution in [0.4, 0.5) is 5.00 Å². The zero-order valence-electron chi connectivity index (χ0n) is 18.2. The smallest absolute Gasteiger partial charge is 0.262 e. The monoisotopic (exact) mass is 442 g/mol. The fraction of sp³-hybridized carbons (Fsp3) is 0.500. The first-order chi connectivity index (χ1) is 15.0. The molecule has 1 aliphatic carbocycles. The van der Waals surface area contributed by atoms with Crippen LogP contribution in [0.15, 0.2) is 18.2 Å². The van der Waals surface area contributed by atoms with Gasteiger partial charge in [0.15, 0.2) is 6.61 Å². The maximum atomic E-state index is 13.1.